The number of anilines is 2. The van der Waals surface area contributed by atoms with Crippen molar-refractivity contribution in [3.63, 3.8) is 0 Å². The Kier molecular flexibility index (Phi) is 3.77. The second-order valence-electron chi connectivity index (χ2n) is 7.23. The van der Waals surface area contributed by atoms with Gasteiger partial charge in [0.05, 0.1) is 11.8 Å². The first kappa shape index (κ1) is 16.2. The van der Waals surface area contributed by atoms with Crippen molar-refractivity contribution in [2.24, 2.45) is 11.8 Å². The van der Waals surface area contributed by atoms with Crippen LogP contribution in [0.5, 0.6) is 11.5 Å². The Morgan fingerprint density at radius 2 is 1.89 bits per heavy atom. The highest BCUT2D eigenvalue weighted by atomic mass is 16.7. The normalized spacial score (nSPS) is 22.1. The molecule has 2 unspecified atom stereocenters. The van der Waals surface area contributed by atoms with E-state index in [1.165, 1.54) is 5.56 Å². The Hall–Kier alpha value is -3.02. The number of ether oxygens (including phenoxy) is 2. The fraction of sp³-hybridized carbons (Fsp3) is 0.333. The monoisotopic (exact) mass is 364 g/mol. The standard InChI is InChI=1S/C21H20N2O4/c24-20(22-14-7-8-18-19(10-14)27-12-26-18)15-11-16(15)21(25)23-9-3-5-13-4-1-2-6-17(13)23/h1-2,4,6-8,10,15-16H,3,5,9,11-12H2,(H,22,24). The van der Waals surface area contributed by atoms with Crippen molar-refractivity contribution in [1.82, 2.24) is 0 Å². The predicted octanol–water partition coefficient (Wildman–Crippen LogP) is 2.97. The lowest BCUT2D eigenvalue weighted by atomic mass is 10.0. The summed E-state index contributed by atoms with van der Waals surface area (Å²) in [5.41, 5.74) is 2.86. The zero-order valence-electron chi connectivity index (χ0n) is 14.8. The molecule has 6 heteroatoms. The van der Waals surface area contributed by atoms with Gasteiger partial charge in [-0.2, -0.15) is 0 Å². The van der Waals surface area contributed by atoms with Gasteiger partial charge in [-0.05, 0) is 43.0 Å². The van der Waals surface area contributed by atoms with E-state index >= 15 is 0 Å². The number of benzene rings is 2. The second-order valence-corrected chi connectivity index (χ2v) is 7.23. The van der Waals surface area contributed by atoms with Crippen LogP contribution < -0.4 is 19.7 Å². The van der Waals surface area contributed by atoms with Crippen LogP contribution in [-0.2, 0) is 16.0 Å². The summed E-state index contributed by atoms with van der Waals surface area (Å²) in [6.07, 6.45) is 2.57. The molecular formula is C21H20N2O4. The molecule has 0 radical (unpaired) electrons. The number of aryl methyl sites for hydroxylation is 1. The number of amides is 2. The summed E-state index contributed by atoms with van der Waals surface area (Å²) >= 11 is 0. The number of hydrogen-bond donors (Lipinski definition) is 1. The molecule has 2 aliphatic heterocycles. The number of nitrogens with zero attached hydrogens (tertiary/aromatic N) is 1. The topological polar surface area (TPSA) is 67.9 Å². The van der Waals surface area contributed by atoms with Gasteiger partial charge in [0, 0.05) is 24.0 Å². The lowest BCUT2D eigenvalue weighted by Crippen LogP contribution is -2.37. The van der Waals surface area contributed by atoms with Crippen LogP contribution in [0.1, 0.15) is 18.4 Å². The van der Waals surface area contributed by atoms with Crippen LogP contribution in [0, 0.1) is 11.8 Å². The van der Waals surface area contributed by atoms with Gasteiger partial charge in [0.15, 0.2) is 11.5 Å². The van der Waals surface area contributed by atoms with Crippen LogP contribution in [0.3, 0.4) is 0 Å². The molecule has 2 aromatic rings. The predicted molar refractivity (Wildman–Crippen MR) is 99.9 cm³/mol. The maximum atomic E-state index is 13.0. The molecule has 0 saturated heterocycles. The average molecular weight is 364 g/mol. The summed E-state index contributed by atoms with van der Waals surface area (Å²) in [5, 5.41) is 2.90. The third-order valence-corrected chi connectivity index (χ3v) is 5.46. The minimum absolute atomic E-state index is 0.0630. The molecule has 1 fully saturated rings. The van der Waals surface area contributed by atoms with Crippen molar-refractivity contribution >= 4 is 23.2 Å². The van der Waals surface area contributed by atoms with E-state index in [-0.39, 0.29) is 30.4 Å². The van der Waals surface area contributed by atoms with Gasteiger partial charge < -0.3 is 19.7 Å². The van der Waals surface area contributed by atoms with Crippen molar-refractivity contribution in [2.45, 2.75) is 19.3 Å². The Morgan fingerprint density at radius 1 is 1.04 bits per heavy atom. The molecule has 2 heterocycles. The van der Waals surface area contributed by atoms with Crippen LogP contribution in [0.15, 0.2) is 42.5 Å². The van der Waals surface area contributed by atoms with Crippen LogP contribution >= 0.6 is 0 Å². The molecule has 1 saturated carbocycles. The number of fused-ring (bicyclic) bond motifs is 2. The molecule has 2 aromatic carbocycles. The maximum absolute atomic E-state index is 13.0. The smallest absolute Gasteiger partial charge is 0.231 e. The maximum Gasteiger partial charge on any atom is 0.231 e. The van der Waals surface area contributed by atoms with Crippen molar-refractivity contribution in [1.29, 1.82) is 0 Å². The number of para-hydroxylation sites is 1. The summed E-state index contributed by atoms with van der Waals surface area (Å²) in [6.45, 7) is 0.923. The van der Waals surface area contributed by atoms with E-state index in [9.17, 15) is 9.59 Å². The Morgan fingerprint density at radius 3 is 2.81 bits per heavy atom. The Bertz CT molecular complexity index is 926. The number of carbonyl (C=O) groups is 2. The minimum Gasteiger partial charge on any atom is -0.454 e. The summed E-state index contributed by atoms with van der Waals surface area (Å²) in [4.78, 5) is 27.4. The molecule has 1 N–H and O–H groups in total. The molecule has 0 spiro atoms. The third kappa shape index (κ3) is 2.91. The van der Waals surface area contributed by atoms with Gasteiger partial charge in [-0.15, -0.1) is 0 Å². The quantitative estimate of drug-likeness (QED) is 0.909. The van der Waals surface area contributed by atoms with E-state index in [0.717, 1.165) is 25.1 Å². The van der Waals surface area contributed by atoms with Gasteiger partial charge in [0.2, 0.25) is 18.6 Å². The fourth-order valence-corrected chi connectivity index (χ4v) is 3.93. The molecule has 0 aromatic heterocycles. The first-order valence-corrected chi connectivity index (χ1v) is 9.30. The zero-order chi connectivity index (χ0) is 18.4. The molecule has 138 valence electrons. The largest absolute Gasteiger partial charge is 0.454 e. The molecule has 3 aliphatic rings. The third-order valence-electron chi connectivity index (χ3n) is 5.46. The van der Waals surface area contributed by atoms with Gasteiger partial charge in [-0.1, -0.05) is 18.2 Å². The first-order valence-electron chi connectivity index (χ1n) is 9.30. The molecule has 0 bridgehead atoms. The second kappa shape index (κ2) is 6.30. The Balaban J connectivity index is 1.25. The summed E-state index contributed by atoms with van der Waals surface area (Å²) in [7, 11) is 0. The number of nitrogens with one attached hydrogen (secondary N) is 1. The molecule has 6 nitrogen and oxygen atoms in total. The van der Waals surface area contributed by atoms with Crippen LogP contribution in [-0.4, -0.2) is 25.2 Å². The van der Waals surface area contributed by atoms with Gasteiger partial charge >= 0.3 is 0 Å². The van der Waals surface area contributed by atoms with Gasteiger partial charge in [-0.3, -0.25) is 9.59 Å². The van der Waals surface area contributed by atoms with E-state index in [2.05, 4.69) is 11.4 Å². The van der Waals surface area contributed by atoms with E-state index in [0.29, 0.717) is 23.6 Å². The number of hydrogen-bond acceptors (Lipinski definition) is 4. The van der Waals surface area contributed by atoms with Gasteiger partial charge in [-0.25, -0.2) is 0 Å². The lowest BCUT2D eigenvalue weighted by Gasteiger charge is -2.29. The van der Waals surface area contributed by atoms with Crippen LogP contribution in [0.4, 0.5) is 11.4 Å². The van der Waals surface area contributed by atoms with E-state index < -0.39 is 0 Å². The lowest BCUT2D eigenvalue weighted by molar-refractivity contribution is -0.123. The summed E-state index contributed by atoms with van der Waals surface area (Å²) < 4.78 is 10.6. The molecule has 27 heavy (non-hydrogen) atoms. The van der Waals surface area contributed by atoms with Gasteiger partial charge in [0.1, 0.15) is 0 Å². The Labute approximate surface area is 157 Å². The number of carbonyl (C=O) groups excluding carboxylic acids is 2. The zero-order valence-corrected chi connectivity index (χ0v) is 14.8. The van der Waals surface area contributed by atoms with E-state index in [1.807, 2.05) is 23.1 Å². The summed E-state index contributed by atoms with van der Waals surface area (Å²) in [6, 6.07) is 13.3. The molecule has 2 amide bonds. The van der Waals surface area contributed by atoms with E-state index in [4.69, 9.17) is 9.47 Å². The van der Waals surface area contributed by atoms with Crippen molar-refractivity contribution < 1.29 is 19.1 Å². The van der Waals surface area contributed by atoms with Crippen molar-refractivity contribution in [2.75, 3.05) is 23.6 Å². The van der Waals surface area contributed by atoms with Crippen LogP contribution in [0.2, 0.25) is 0 Å². The van der Waals surface area contributed by atoms with E-state index in [1.54, 1.807) is 18.2 Å². The van der Waals surface area contributed by atoms with Gasteiger partial charge in [0.25, 0.3) is 0 Å². The average Bonchev–Trinajstić information content (AvgIpc) is 3.37. The molecule has 2 atom stereocenters. The minimum atomic E-state index is -0.267. The summed E-state index contributed by atoms with van der Waals surface area (Å²) in [5.74, 6) is 0.755. The highest BCUT2D eigenvalue weighted by Crippen LogP contribution is 2.43. The first-order chi connectivity index (χ1) is 13.2. The van der Waals surface area contributed by atoms with Crippen molar-refractivity contribution in [3.8, 4) is 11.5 Å². The fourth-order valence-electron chi connectivity index (χ4n) is 3.93. The SMILES string of the molecule is O=C(Nc1ccc2c(c1)OCO2)C1CC1C(=O)N1CCCc2ccccc21. The molecular weight excluding hydrogens is 344 g/mol. The molecule has 5 rings (SSSR count). The van der Waals surface area contributed by atoms with Crippen molar-refractivity contribution in [3.05, 3.63) is 48.0 Å². The number of rotatable bonds is 3. The highest BCUT2D eigenvalue weighted by molar-refractivity contribution is 6.04. The molecule has 1 aliphatic carbocycles. The van der Waals surface area contributed by atoms with Crippen LogP contribution in [0.25, 0.3) is 0 Å². The highest BCUT2D eigenvalue weighted by Gasteiger charge is 2.50.